The average Bonchev–Trinajstić information content (AvgIpc) is 2.75. The van der Waals surface area contributed by atoms with Crippen molar-refractivity contribution in [3.8, 4) is 6.07 Å². The average molecular weight is 219 g/mol. The van der Waals surface area contributed by atoms with E-state index >= 15 is 0 Å². The molecule has 0 bridgehead atoms. The van der Waals surface area contributed by atoms with Crippen LogP contribution in [0.5, 0.6) is 0 Å². The summed E-state index contributed by atoms with van der Waals surface area (Å²) in [5, 5.41) is 12.5. The van der Waals surface area contributed by atoms with Crippen LogP contribution in [0.4, 0.5) is 0 Å². The number of likely N-dealkylation sites (tertiary alicyclic amines) is 1. The van der Waals surface area contributed by atoms with Crippen LogP contribution in [0, 0.1) is 24.2 Å². The maximum Gasteiger partial charge on any atom is 0.292 e. The molecule has 84 valence electrons. The zero-order valence-corrected chi connectivity index (χ0v) is 9.14. The molecule has 0 aromatic carbocycles. The Labute approximate surface area is 93.6 Å². The summed E-state index contributed by atoms with van der Waals surface area (Å²) in [5.74, 6) is 0.0401. The van der Waals surface area contributed by atoms with Crippen molar-refractivity contribution in [1.82, 2.24) is 10.1 Å². The lowest BCUT2D eigenvalue weighted by Gasteiger charge is -2.28. The molecule has 0 aliphatic carbocycles. The van der Waals surface area contributed by atoms with E-state index in [-0.39, 0.29) is 17.6 Å². The van der Waals surface area contributed by atoms with Gasteiger partial charge >= 0.3 is 0 Å². The second-order valence-electron chi connectivity index (χ2n) is 4.05. The van der Waals surface area contributed by atoms with E-state index < -0.39 is 0 Å². The van der Waals surface area contributed by atoms with E-state index in [2.05, 4.69) is 11.2 Å². The van der Waals surface area contributed by atoms with Gasteiger partial charge in [0.1, 0.15) is 0 Å². The van der Waals surface area contributed by atoms with Gasteiger partial charge in [0, 0.05) is 19.2 Å². The highest BCUT2D eigenvalue weighted by Crippen LogP contribution is 2.18. The quantitative estimate of drug-likeness (QED) is 0.715. The van der Waals surface area contributed by atoms with E-state index in [1.54, 1.807) is 17.9 Å². The first kappa shape index (κ1) is 10.7. The Bertz CT molecular complexity index is 433. The highest BCUT2D eigenvalue weighted by Gasteiger charge is 2.26. The summed E-state index contributed by atoms with van der Waals surface area (Å²) >= 11 is 0. The van der Waals surface area contributed by atoms with Crippen molar-refractivity contribution >= 4 is 5.91 Å². The number of nitriles is 1. The standard InChI is InChI=1S/C11H13N3O2/c1-8-5-10(16-13-8)11(15)14-4-2-3-9(6-12)7-14/h5,9H,2-4,7H2,1H3. The fourth-order valence-electron chi connectivity index (χ4n) is 1.89. The molecule has 1 amide bonds. The van der Waals surface area contributed by atoms with Gasteiger partial charge in [-0.15, -0.1) is 0 Å². The van der Waals surface area contributed by atoms with Crippen LogP contribution < -0.4 is 0 Å². The van der Waals surface area contributed by atoms with E-state index in [0.717, 1.165) is 12.8 Å². The van der Waals surface area contributed by atoms with Gasteiger partial charge < -0.3 is 9.42 Å². The van der Waals surface area contributed by atoms with E-state index in [0.29, 0.717) is 18.8 Å². The van der Waals surface area contributed by atoms with Crippen LogP contribution in [0.3, 0.4) is 0 Å². The second kappa shape index (κ2) is 4.35. The molecule has 1 aliphatic heterocycles. The Morgan fingerprint density at radius 2 is 2.56 bits per heavy atom. The minimum atomic E-state index is -0.166. The number of hydrogen-bond donors (Lipinski definition) is 0. The molecule has 1 fully saturated rings. The number of hydrogen-bond acceptors (Lipinski definition) is 4. The SMILES string of the molecule is Cc1cc(C(=O)N2CCCC(C#N)C2)on1. The van der Waals surface area contributed by atoms with Crippen LogP contribution in [0.2, 0.25) is 0 Å². The van der Waals surface area contributed by atoms with E-state index in [4.69, 9.17) is 9.78 Å². The molecule has 5 heteroatoms. The van der Waals surface area contributed by atoms with Crippen LogP contribution in [0.15, 0.2) is 10.6 Å². The number of aryl methyl sites for hydroxylation is 1. The van der Waals surface area contributed by atoms with Crippen LogP contribution in [-0.2, 0) is 0 Å². The van der Waals surface area contributed by atoms with Crippen LogP contribution in [0.1, 0.15) is 29.1 Å². The molecule has 1 atom stereocenters. The number of carbonyl (C=O) groups excluding carboxylic acids is 1. The Kier molecular flexibility index (Phi) is 2.91. The van der Waals surface area contributed by atoms with Gasteiger partial charge in [0.25, 0.3) is 5.91 Å². The lowest BCUT2D eigenvalue weighted by atomic mass is 9.99. The number of amides is 1. The van der Waals surface area contributed by atoms with Crippen molar-refractivity contribution in [1.29, 1.82) is 5.26 Å². The molecule has 1 aromatic heterocycles. The molecular formula is C11H13N3O2. The van der Waals surface area contributed by atoms with Crippen molar-refractivity contribution in [2.75, 3.05) is 13.1 Å². The van der Waals surface area contributed by atoms with E-state index in [9.17, 15) is 4.79 Å². The van der Waals surface area contributed by atoms with Gasteiger partial charge in [-0.3, -0.25) is 4.79 Å². The van der Waals surface area contributed by atoms with Gasteiger partial charge in [-0.05, 0) is 19.8 Å². The van der Waals surface area contributed by atoms with Gasteiger partial charge in [-0.2, -0.15) is 5.26 Å². The third-order valence-electron chi connectivity index (χ3n) is 2.73. The largest absolute Gasteiger partial charge is 0.351 e. The number of carbonyl (C=O) groups is 1. The smallest absolute Gasteiger partial charge is 0.292 e. The second-order valence-corrected chi connectivity index (χ2v) is 4.05. The Morgan fingerprint density at radius 1 is 1.75 bits per heavy atom. The van der Waals surface area contributed by atoms with Crippen LogP contribution >= 0.6 is 0 Å². The summed E-state index contributed by atoms with van der Waals surface area (Å²) in [6.45, 7) is 2.96. The lowest BCUT2D eigenvalue weighted by molar-refractivity contribution is 0.0656. The van der Waals surface area contributed by atoms with Crippen LogP contribution in [0.25, 0.3) is 0 Å². The molecule has 0 saturated carbocycles. The predicted molar refractivity (Wildman–Crippen MR) is 55.5 cm³/mol. The normalized spacial score (nSPS) is 20.5. The number of nitrogens with zero attached hydrogens (tertiary/aromatic N) is 3. The summed E-state index contributed by atoms with van der Waals surface area (Å²) in [6.07, 6.45) is 1.74. The number of piperidine rings is 1. The molecule has 1 aliphatic rings. The van der Waals surface area contributed by atoms with Crippen LogP contribution in [-0.4, -0.2) is 29.1 Å². The minimum Gasteiger partial charge on any atom is -0.351 e. The molecule has 2 heterocycles. The summed E-state index contributed by atoms with van der Waals surface area (Å²) in [4.78, 5) is 13.6. The van der Waals surface area contributed by atoms with Gasteiger partial charge in [0.15, 0.2) is 0 Å². The van der Waals surface area contributed by atoms with Crippen molar-refractivity contribution in [2.45, 2.75) is 19.8 Å². The van der Waals surface area contributed by atoms with E-state index in [1.807, 2.05) is 0 Å². The topological polar surface area (TPSA) is 70.1 Å². The van der Waals surface area contributed by atoms with Gasteiger partial charge in [-0.25, -0.2) is 0 Å². The lowest BCUT2D eigenvalue weighted by Crippen LogP contribution is -2.39. The molecule has 1 aromatic rings. The Balaban J connectivity index is 2.08. The minimum absolute atomic E-state index is 0.0540. The molecule has 5 nitrogen and oxygen atoms in total. The van der Waals surface area contributed by atoms with Crippen molar-refractivity contribution in [3.63, 3.8) is 0 Å². The molecule has 2 rings (SSSR count). The van der Waals surface area contributed by atoms with Crippen molar-refractivity contribution < 1.29 is 9.32 Å². The van der Waals surface area contributed by atoms with E-state index in [1.165, 1.54) is 0 Å². The first-order chi connectivity index (χ1) is 7.70. The van der Waals surface area contributed by atoms with Gasteiger partial charge in [-0.1, -0.05) is 5.16 Å². The molecule has 0 radical (unpaired) electrons. The van der Waals surface area contributed by atoms with Crippen molar-refractivity contribution in [2.24, 2.45) is 5.92 Å². The maximum atomic E-state index is 12.0. The highest BCUT2D eigenvalue weighted by molar-refractivity contribution is 5.91. The third-order valence-corrected chi connectivity index (χ3v) is 2.73. The molecular weight excluding hydrogens is 206 g/mol. The van der Waals surface area contributed by atoms with Gasteiger partial charge in [0.05, 0.1) is 17.7 Å². The first-order valence-electron chi connectivity index (χ1n) is 5.33. The van der Waals surface area contributed by atoms with Crippen molar-refractivity contribution in [3.05, 3.63) is 17.5 Å². The fraction of sp³-hybridized carbons (Fsp3) is 0.545. The first-order valence-corrected chi connectivity index (χ1v) is 5.33. The molecule has 1 unspecified atom stereocenters. The predicted octanol–water partition coefficient (Wildman–Crippen LogP) is 1.36. The summed E-state index contributed by atoms with van der Waals surface area (Å²) in [7, 11) is 0. The Morgan fingerprint density at radius 3 is 3.19 bits per heavy atom. The summed E-state index contributed by atoms with van der Waals surface area (Å²) in [6, 6.07) is 3.83. The number of rotatable bonds is 1. The Hall–Kier alpha value is -1.83. The van der Waals surface area contributed by atoms with Gasteiger partial charge in [0.2, 0.25) is 5.76 Å². The fourth-order valence-corrected chi connectivity index (χ4v) is 1.89. The monoisotopic (exact) mass is 219 g/mol. The molecule has 0 N–H and O–H groups in total. The molecule has 0 spiro atoms. The zero-order chi connectivity index (χ0) is 11.5. The zero-order valence-electron chi connectivity index (χ0n) is 9.14. The molecule has 1 saturated heterocycles. The summed E-state index contributed by atoms with van der Waals surface area (Å²) in [5.41, 5.74) is 0.692. The molecule has 16 heavy (non-hydrogen) atoms. The maximum absolute atomic E-state index is 12.0. The summed E-state index contributed by atoms with van der Waals surface area (Å²) < 4.78 is 4.92. The third kappa shape index (κ3) is 2.06. The highest BCUT2D eigenvalue weighted by atomic mass is 16.5. The number of aromatic nitrogens is 1.